The highest BCUT2D eigenvalue weighted by atomic mass is 19.1. The molecule has 0 aromatic carbocycles. The van der Waals surface area contributed by atoms with Crippen LogP contribution >= 0.6 is 0 Å². The third-order valence-corrected chi connectivity index (χ3v) is 0.626. The number of hydrogen-bond acceptors (Lipinski definition) is 1. The van der Waals surface area contributed by atoms with Crippen molar-refractivity contribution in [2.75, 3.05) is 0 Å². The minimum atomic E-state index is -0.692. The number of rotatable bonds is 2. The lowest BCUT2D eigenvalue weighted by Crippen LogP contribution is -1.87. The molecule has 0 spiro atoms. The van der Waals surface area contributed by atoms with Gasteiger partial charge in [0.15, 0.2) is 0 Å². The summed E-state index contributed by atoms with van der Waals surface area (Å²) in [5, 5.41) is 6.78. The normalized spacial score (nSPS) is 9.75. The van der Waals surface area contributed by atoms with E-state index in [4.69, 9.17) is 5.41 Å². The average Bonchev–Trinajstić information content (AvgIpc) is 1.67. The van der Waals surface area contributed by atoms with E-state index in [1.54, 1.807) is 13.0 Å². The SMILES string of the molecule is C=C(F)C(=N)/C=C\C. The third kappa shape index (κ3) is 2.29. The van der Waals surface area contributed by atoms with Crippen LogP contribution in [-0.4, -0.2) is 5.71 Å². The molecule has 0 aromatic heterocycles. The molecule has 1 N–H and O–H groups in total. The van der Waals surface area contributed by atoms with E-state index in [1.165, 1.54) is 6.08 Å². The van der Waals surface area contributed by atoms with Crippen LogP contribution in [0.5, 0.6) is 0 Å². The molecule has 0 saturated carbocycles. The minimum Gasteiger partial charge on any atom is -0.298 e. The number of allylic oxidation sites excluding steroid dienone is 3. The van der Waals surface area contributed by atoms with Crippen LogP contribution in [0.2, 0.25) is 0 Å². The van der Waals surface area contributed by atoms with Gasteiger partial charge >= 0.3 is 0 Å². The van der Waals surface area contributed by atoms with Gasteiger partial charge in [0.2, 0.25) is 0 Å². The Morgan fingerprint density at radius 1 is 1.75 bits per heavy atom. The average molecular weight is 113 g/mol. The highest BCUT2D eigenvalue weighted by Crippen LogP contribution is 1.93. The summed E-state index contributed by atoms with van der Waals surface area (Å²) < 4.78 is 11.8. The van der Waals surface area contributed by atoms with E-state index in [9.17, 15) is 4.39 Å². The van der Waals surface area contributed by atoms with Gasteiger partial charge in [-0.05, 0) is 13.0 Å². The summed E-state index contributed by atoms with van der Waals surface area (Å²) >= 11 is 0. The maximum atomic E-state index is 11.8. The fourth-order valence-corrected chi connectivity index (χ4v) is 0.257. The molecule has 0 aliphatic rings. The lowest BCUT2D eigenvalue weighted by Gasteiger charge is -1.85. The van der Waals surface area contributed by atoms with Crippen molar-refractivity contribution in [3.63, 3.8) is 0 Å². The third-order valence-electron chi connectivity index (χ3n) is 0.626. The van der Waals surface area contributed by atoms with Crippen molar-refractivity contribution in [3.8, 4) is 0 Å². The maximum Gasteiger partial charge on any atom is 0.140 e. The first kappa shape index (κ1) is 7.08. The van der Waals surface area contributed by atoms with E-state index in [-0.39, 0.29) is 5.71 Å². The lowest BCUT2D eigenvalue weighted by atomic mass is 10.3. The summed E-state index contributed by atoms with van der Waals surface area (Å²) in [7, 11) is 0. The molecule has 0 fully saturated rings. The van der Waals surface area contributed by atoms with Gasteiger partial charge in [0, 0.05) is 0 Å². The number of nitrogens with one attached hydrogen (secondary N) is 1. The first-order chi connectivity index (χ1) is 3.68. The first-order valence-electron chi connectivity index (χ1n) is 2.24. The van der Waals surface area contributed by atoms with E-state index in [2.05, 4.69) is 6.58 Å². The Balaban J connectivity index is 3.85. The minimum absolute atomic E-state index is 0.160. The summed E-state index contributed by atoms with van der Waals surface area (Å²) in [5.41, 5.74) is -0.160. The van der Waals surface area contributed by atoms with Crippen LogP contribution in [0.15, 0.2) is 24.6 Å². The van der Waals surface area contributed by atoms with Crippen LogP contribution in [0.3, 0.4) is 0 Å². The van der Waals surface area contributed by atoms with Gasteiger partial charge in [-0.25, -0.2) is 4.39 Å². The highest BCUT2D eigenvalue weighted by Gasteiger charge is 1.91. The van der Waals surface area contributed by atoms with Gasteiger partial charge in [0.05, 0.1) is 5.71 Å². The summed E-state index contributed by atoms with van der Waals surface area (Å²) in [6, 6.07) is 0. The van der Waals surface area contributed by atoms with Crippen LogP contribution in [0.1, 0.15) is 6.92 Å². The molecule has 0 amide bonds. The van der Waals surface area contributed by atoms with E-state index in [1.807, 2.05) is 0 Å². The van der Waals surface area contributed by atoms with Crippen LogP contribution in [0.4, 0.5) is 4.39 Å². The van der Waals surface area contributed by atoms with E-state index < -0.39 is 5.83 Å². The molecule has 0 radical (unpaired) electrons. The monoisotopic (exact) mass is 113 g/mol. The Kier molecular flexibility index (Phi) is 2.77. The van der Waals surface area contributed by atoms with E-state index >= 15 is 0 Å². The molecule has 0 atom stereocenters. The van der Waals surface area contributed by atoms with Crippen LogP contribution in [0, 0.1) is 5.41 Å². The molecule has 0 saturated heterocycles. The van der Waals surface area contributed by atoms with Gasteiger partial charge in [-0.15, -0.1) is 0 Å². The predicted octanol–water partition coefficient (Wildman–Crippen LogP) is 2.07. The maximum absolute atomic E-state index is 11.8. The van der Waals surface area contributed by atoms with E-state index in [0.29, 0.717) is 0 Å². The molecule has 0 unspecified atom stereocenters. The van der Waals surface area contributed by atoms with Gasteiger partial charge in [0.1, 0.15) is 5.83 Å². The summed E-state index contributed by atoms with van der Waals surface area (Å²) in [6.07, 6.45) is 2.94. The Hall–Kier alpha value is -0.920. The van der Waals surface area contributed by atoms with Gasteiger partial charge in [-0.2, -0.15) is 0 Å². The second-order valence-electron chi connectivity index (χ2n) is 1.32. The van der Waals surface area contributed by atoms with Crippen molar-refractivity contribution < 1.29 is 4.39 Å². The first-order valence-corrected chi connectivity index (χ1v) is 2.24. The summed E-state index contributed by atoms with van der Waals surface area (Å²) in [5.74, 6) is -0.692. The fraction of sp³-hybridized carbons (Fsp3) is 0.167. The molecule has 0 aromatic rings. The number of halogens is 1. The topological polar surface area (TPSA) is 23.9 Å². The summed E-state index contributed by atoms with van der Waals surface area (Å²) in [4.78, 5) is 0. The zero-order valence-electron chi connectivity index (χ0n) is 4.74. The Morgan fingerprint density at radius 3 is 2.38 bits per heavy atom. The Labute approximate surface area is 48.0 Å². The van der Waals surface area contributed by atoms with Gasteiger partial charge in [-0.3, -0.25) is 5.41 Å². The van der Waals surface area contributed by atoms with Crippen molar-refractivity contribution >= 4 is 5.71 Å². The second kappa shape index (κ2) is 3.13. The van der Waals surface area contributed by atoms with Crippen molar-refractivity contribution in [1.82, 2.24) is 0 Å². The molecule has 44 valence electrons. The highest BCUT2D eigenvalue weighted by molar-refractivity contribution is 6.03. The molecular weight excluding hydrogens is 105 g/mol. The van der Waals surface area contributed by atoms with Gasteiger partial charge in [-0.1, -0.05) is 12.7 Å². The quantitative estimate of drug-likeness (QED) is 0.530. The smallest absolute Gasteiger partial charge is 0.140 e. The molecule has 0 heterocycles. The van der Waals surface area contributed by atoms with Gasteiger partial charge in [0.25, 0.3) is 0 Å². The molecule has 0 rings (SSSR count). The number of hydrogen-bond donors (Lipinski definition) is 1. The predicted molar refractivity (Wildman–Crippen MR) is 32.8 cm³/mol. The second-order valence-corrected chi connectivity index (χ2v) is 1.32. The largest absolute Gasteiger partial charge is 0.298 e. The Bertz CT molecular complexity index is 135. The van der Waals surface area contributed by atoms with Crippen molar-refractivity contribution in [1.29, 1.82) is 5.41 Å². The van der Waals surface area contributed by atoms with Crippen molar-refractivity contribution in [2.24, 2.45) is 0 Å². The molecule has 0 aliphatic carbocycles. The molecule has 0 bridgehead atoms. The van der Waals surface area contributed by atoms with Crippen LogP contribution in [0.25, 0.3) is 0 Å². The van der Waals surface area contributed by atoms with Crippen LogP contribution in [-0.2, 0) is 0 Å². The molecule has 0 aliphatic heterocycles. The lowest BCUT2D eigenvalue weighted by molar-refractivity contribution is 0.685. The van der Waals surface area contributed by atoms with Gasteiger partial charge < -0.3 is 0 Å². The summed E-state index contributed by atoms with van der Waals surface area (Å²) in [6.45, 7) is 4.65. The zero-order chi connectivity index (χ0) is 6.57. The van der Waals surface area contributed by atoms with Crippen molar-refractivity contribution in [3.05, 3.63) is 24.6 Å². The molecule has 2 heteroatoms. The van der Waals surface area contributed by atoms with Crippen LogP contribution < -0.4 is 0 Å². The zero-order valence-corrected chi connectivity index (χ0v) is 4.74. The van der Waals surface area contributed by atoms with E-state index in [0.717, 1.165) is 0 Å². The molecular formula is C6H8FN. The van der Waals surface area contributed by atoms with Crippen molar-refractivity contribution in [2.45, 2.75) is 6.92 Å². The molecule has 1 nitrogen and oxygen atoms in total. The molecule has 8 heavy (non-hydrogen) atoms. The fourth-order valence-electron chi connectivity index (χ4n) is 0.257. The Morgan fingerprint density at radius 2 is 2.25 bits per heavy atom. The standard InChI is InChI=1S/C6H8FN/c1-3-4-6(8)5(2)7/h3-4,8H,2H2,1H3/b4-3-,8-6?.